The molecule has 6 heteroatoms. The van der Waals surface area contributed by atoms with Gasteiger partial charge in [0.25, 0.3) is 0 Å². The van der Waals surface area contributed by atoms with Crippen molar-refractivity contribution in [2.75, 3.05) is 0 Å². The predicted molar refractivity (Wildman–Crippen MR) is 77.5 cm³/mol. The van der Waals surface area contributed by atoms with Crippen molar-refractivity contribution in [3.63, 3.8) is 0 Å². The molecule has 1 aromatic carbocycles. The zero-order valence-corrected chi connectivity index (χ0v) is 12.0. The molecule has 20 heavy (non-hydrogen) atoms. The minimum atomic E-state index is -3.38. The van der Waals surface area contributed by atoms with E-state index in [1.54, 1.807) is 59.3 Å². The van der Waals surface area contributed by atoms with Crippen LogP contribution in [-0.4, -0.2) is 17.8 Å². The lowest BCUT2D eigenvalue weighted by atomic mass is 10.4. The fourth-order valence-corrected chi connectivity index (χ4v) is 3.43. The van der Waals surface area contributed by atoms with Gasteiger partial charge in [-0.25, -0.2) is 13.4 Å². The van der Waals surface area contributed by atoms with Crippen LogP contribution in [0.2, 0.25) is 5.02 Å². The van der Waals surface area contributed by atoms with E-state index in [9.17, 15) is 8.42 Å². The molecule has 2 heterocycles. The summed E-state index contributed by atoms with van der Waals surface area (Å²) in [6.45, 7) is 0. The number of hydrogen-bond donors (Lipinski definition) is 0. The molecular weight excluding hydrogens is 296 g/mol. The molecule has 0 unspecified atom stereocenters. The summed E-state index contributed by atoms with van der Waals surface area (Å²) in [7, 11) is -3.38. The van der Waals surface area contributed by atoms with Gasteiger partial charge in [0.15, 0.2) is 9.84 Å². The average Bonchev–Trinajstić information content (AvgIpc) is 2.80. The van der Waals surface area contributed by atoms with E-state index in [2.05, 4.69) is 4.98 Å². The standard InChI is InChI=1S/C14H11ClN2O2S/c15-11-6-7-14-16-12(9-17(14)8-11)10-20(18,19)13-4-2-1-3-5-13/h1-9H,10H2. The van der Waals surface area contributed by atoms with E-state index in [4.69, 9.17) is 11.6 Å². The highest BCUT2D eigenvalue weighted by molar-refractivity contribution is 7.90. The SMILES string of the molecule is O=S(=O)(Cc1cn2cc(Cl)ccc2n1)c1ccccc1. The Morgan fingerprint density at radius 2 is 1.80 bits per heavy atom. The second kappa shape index (κ2) is 4.92. The normalized spacial score (nSPS) is 11.8. The van der Waals surface area contributed by atoms with Crippen LogP contribution < -0.4 is 0 Å². The maximum atomic E-state index is 12.3. The lowest BCUT2D eigenvalue weighted by Crippen LogP contribution is -2.04. The number of halogens is 1. The highest BCUT2D eigenvalue weighted by Crippen LogP contribution is 2.17. The second-order valence-electron chi connectivity index (χ2n) is 4.42. The lowest BCUT2D eigenvalue weighted by molar-refractivity contribution is 0.595. The summed E-state index contributed by atoms with van der Waals surface area (Å²) in [5.41, 5.74) is 1.17. The van der Waals surface area contributed by atoms with Crippen molar-refractivity contribution >= 4 is 27.1 Å². The van der Waals surface area contributed by atoms with Crippen LogP contribution in [0.3, 0.4) is 0 Å². The Balaban J connectivity index is 1.97. The molecule has 0 saturated carbocycles. The predicted octanol–water partition coefficient (Wildman–Crippen LogP) is 2.96. The van der Waals surface area contributed by atoms with E-state index in [1.165, 1.54) is 0 Å². The molecule has 0 radical (unpaired) electrons. The van der Waals surface area contributed by atoms with Crippen molar-refractivity contribution in [3.05, 3.63) is 65.6 Å². The smallest absolute Gasteiger partial charge is 0.184 e. The van der Waals surface area contributed by atoms with Crippen LogP contribution in [-0.2, 0) is 15.6 Å². The van der Waals surface area contributed by atoms with E-state index in [0.717, 1.165) is 0 Å². The summed E-state index contributed by atoms with van der Waals surface area (Å²) in [5.74, 6) is -0.129. The molecule has 4 nitrogen and oxygen atoms in total. The van der Waals surface area contributed by atoms with Gasteiger partial charge in [0.1, 0.15) is 5.65 Å². The van der Waals surface area contributed by atoms with Gasteiger partial charge in [-0.05, 0) is 24.3 Å². The summed E-state index contributed by atoms with van der Waals surface area (Å²) >= 11 is 5.89. The van der Waals surface area contributed by atoms with E-state index >= 15 is 0 Å². The van der Waals surface area contributed by atoms with Crippen molar-refractivity contribution in [1.29, 1.82) is 0 Å². The van der Waals surface area contributed by atoms with Crippen LogP contribution in [0.4, 0.5) is 0 Å². The maximum Gasteiger partial charge on any atom is 0.184 e. The second-order valence-corrected chi connectivity index (χ2v) is 6.84. The van der Waals surface area contributed by atoms with Gasteiger partial charge in [0.2, 0.25) is 0 Å². The van der Waals surface area contributed by atoms with E-state index < -0.39 is 9.84 Å². The summed E-state index contributed by atoms with van der Waals surface area (Å²) in [5, 5.41) is 0.576. The Morgan fingerprint density at radius 3 is 2.55 bits per heavy atom. The van der Waals surface area contributed by atoms with Crippen molar-refractivity contribution in [3.8, 4) is 0 Å². The Bertz CT molecular complexity index is 857. The van der Waals surface area contributed by atoms with E-state index in [-0.39, 0.29) is 5.75 Å². The number of hydrogen-bond acceptors (Lipinski definition) is 3. The minimum Gasteiger partial charge on any atom is -0.305 e. The summed E-state index contributed by atoms with van der Waals surface area (Å²) in [4.78, 5) is 4.59. The molecule has 0 bridgehead atoms. The highest BCUT2D eigenvalue weighted by atomic mass is 35.5. The van der Waals surface area contributed by atoms with Gasteiger partial charge in [-0.15, -0.1) is 0 Å². The number of benzene rings is 1. The van der Waals surface area contributed by atoms with Gasteiger partial charge in [0, 0.05) is 12.4 Å². The van der Waals surface area contributed by atoms with Crippen molar-refractivity contribution in [1.82, 2.24) is 9.38 Å². The highest BCUT2D eigenvalue weighted by Gasteiger charge is 2.16. The van der Waals surface area contributed by atoms with Crippen LogP contribution in [0.15, 0.2) is 59.8 Å². The summed E-state index contributed by atoms with van der Waals surface area (Å²) in [6, 6.07) is 11.8. The molecule has 0 N–H and O–H groups in total. The summed E-state index contributed by atoms with van der Waals surface area (Å²) < 4.78 is 26.3. The van der Waals surface area contributed by atoms with Crippen molar-refractivity contribution in [2.24, 2.45) is 0 Å². The molecule has 0 atom stereocenters. The van der Waals surface area contributed by atoms with Crippen LogP contribution >= 0.6 is 11.6 Å². The van der Waals surface area contributed by atoms with Crippen molar-refractivity contribution in [2.45, 2.75) is 10.6 Å². The van der Waals surface area contributed by atoms with E-state index in [1.807, 2.05) is 0 Å². The van der Waals surface area contributed by atoms with Crippen LogP contribution in [0.25, 0.3) is 5.65 Å². The molecule has 0 aliphatic rings. The average molecular weight is 307 g/mol. The quantitative estimate of drug-likeness (QED) is 0.747. The molecule has 0 aliphatic heterocycles. The third kappa shape index (κ3) is 2.55. The largest absolute Gasteiger partial charge is 0.305 e. The molecule has 0 saturated heterocycles. The molecule has 0 amide bonds. The maximum absolute atomic E-state index is 12.3. The lowest BCUT2D eigenvalue weighted by Gasteiger charge is -2.01. The number of sulfone groups is 1. The molecule has 0 spiro atoms. The molecule has 102 valence electrons. The number of pyridine rings is 1. The Hall–Kier alpha value is -1.85. The summed E-state index contributed by atoms with van der Waals surface area (Å²) in [6.07, 6.45) is 3.38. The minimum absolute atomic E-state index is 0.129. The Labute approximate surface area is 121 Å². The van der Waals surface area contributed by atoms with Crippen molar-refractivity contribution < 1.29 is 8.42 Å². The van der Waals surface area contributed by atoms with Crippen LogP contribution in [0.1, 0.15) is 5.69 Å². The molecule has 0 fully saturated rings. The van der Waals surface area contributed by atoms with Gasteiger partial charge in [-0.1, -0.05) is 29.8 Å². The third-order valence-corrected chi connectivity index (χ3v) is 4.79. The number of imidazole rings is 1. The fourth-order valence-electron chi connectivity index (χ4n) is 1.99. The first kappa shape index (κ1) is 13.1. The van der Waals surface area contributed by atoms with Gasteiger partial charge in [-0.2, -0.15) is 0 Å². The molecule has 3 rings (SSSR count). The zero-order valence-electron chi connectivity index (χ0n) is 10.4. The first-order chi connectivity index (χ1) is 9.54. The van der Waals surface area contributed by atoms with Crippen LogP contribution in [0, 0.1) is 0 Å². The molecule has 3 aromatic rings. The molecule has 0 aliphatic carbocycles. The Kier molecular flexibility index (Phi) is 3.23. The number of nitrogens with zero attached hydrogens (tertiary/aromatic N) is 2. The van der Waals surface area contributed by atoms with Gasteiger partial charge < -0.3 is 4.40 Å². The number of fused-ring (bicyclic) bond motifs is 1. The first-order valence-electron chi connectivity index (χ1n) is 5.95. The Morgan fingerprint density at radius 1 is 1.05 bits per heavy atom. The van der Waals surface area contributed by atoms with E-state index in [0.29, 0.717) is 21.3 Å². The number of aromatic nitrogens is 2. The molecule has 2 aromatic heterocycles. The fraction of sp³-hybridized carbons (Fsp3) is 0.0714. The molecular formula is C14H11ClN2O2S. The van der Waals surface area contributed by atoms with Gasteiger partial charge >= 0.3 is 0 Å². The monoisotopic (exact) mass is 306 g/mol. The van der Waals surface area contributed by atoms with Crippen LogP contribution in [0.5, 0.6) is 0 Å². The number of rotatable bonds is 3. The first-order valence-corrected chi connectivity index (χ1v) is 7.98. The van der Waals surface area contributed by atoms with Gasteiger partial charge in [-0.3, -0.25) is 0 Å². The zero-order chi connectivity index (χ0) is 14.2. The third-order valence-electron chi connectivity index (χ3n) is 2.91. The topological polar surface area (TPSA) is 51.4 Å². The van der Waals surface area contributed by atoms with Gasteiger partial charge in [0.05, 0.1) is 21.4 Å².